The smallest absolute Gasteiger partial charge is 0.225 e. The topological polar surface area (TPSA) is 50.2 Å². The number of carbonyl (C=O) groups excluding carboxylic acids is 1. The van der Waals surface area contributed by atoms with Gasteiger partial charge in [0.2, 0.25) is 5.91 Å². The zero-order valence-electron chi connectivity index (χ0n) is 15.2. The number of aromatic nitrogens is 2. The molecule has 1 N–H and O–H groups in total. The van der Waals surface area contributed by atoms with E-state index in [1.807, 2.05) is 43.4 Å². The molecule has 132 valence electrons. The SMILES string of the molecule is Cc1ccc(C2CC(=O)Nc3cc(N(C)C)ccc32)n1-c1cccnc1. The van der Waals surface area contributed by atoms with E-state index in [4.69, 9.17) is 0 Å². The molecule has 0 fully saturated rings. The van der Waals surface area contributed by atoms with Crippen molar-refractivity contribution in [3.63, 3.8) is 0 Å². The summed E-state index contributed by atoms with van der Waals surface area (Å²) in [5.74, 6) is 0.0684. The predicted molar refractivity (Wildman–Crippen MR) is 104 cm³/mol. The molecular weight excluding hydrogens is 324 g/mol. The number of carbonyl (C=O) groups is 1. The minimum atomic E-state index is 0.0175. The van der Waals surface area contributed by atoms with Crippen molar-refractivity contribution < 1.29 is 4.79 Å². The van der Waals surface area contributed by atoms with Crippen molar-refractivity contribution in [2.45, 2.75) is 19.3 Å². The molecule has 1 amide bonds. The van der Waals surface area contributed by atoms with Crippen molar-refractivity contribution in [3.05, 3.63) is 71.8 Å². The molecule has 1 unspecified atom stereocenters. The number of anilines is 2. The molecule has 3 aromatic rings. The number of nitrogens with zero attached hydrogens (tertiary/aromatic N) is 3. The molecule has 1 aromatic carbocycles. The number of benzene rings is 1. The van der Waals surface area contributed by atoms with Crippen LogP contribution in [-0.2, 0) is 4.79 Å². The van der Waals surface area contributed by atoms with Crippen LogP contribution in [0, 0.1) is 6.92 Å². The van der Waals surface area contributed by atoms with Gasteiger partial charge in [-0.2, -0.15) is 0 Å². The van der Waals surface area contributed by atoms with Crippen LogP contribution >= 0.6 is 0 Å². The van der Waals surface area contributed by atoms with E-state index in [0.717, 1.165) is 34.0 Å². The van der Waals surface area contributed by atoms with Gasteiger partial charge in [-0.15, -0.1) is 0 Å². The first kappa shape index (κ1) is 16.4. The normalized spacial score (nSPS) is 16.1. The van der Waals surface area contributed by atoms with Gasteiger partial charge in [-0.1, -0.05) is 6.07 Å². The van der Waals surface area contributed by atoms with Gasteiger partial charge in [-0.3, -0.25) is 9.78 Å². The summed E-state index contributed by atoms with van der Waals surface area (Å²) in [5.41, 5.74) is 6.38. The van der Waals surface area contributed by atoms with Crippen LogP contribution < -0.4 is 10.2 Å². The van der Waals surface area contributed by atoms with E-state index in [0.29, 0.717) is 6.42 Å². The fourth-order valence-corrected chi connectivity index (χ4v) is 3.66. The second-order valence-corrected chi connectivity index (χ2v) is 6.92. The van der Waals surface area contributed by atoms with Crippen molar-refractivity contribution in [1.29, 1.82) is 0 Å². The maximum Gasteiger partial charge on any atom is 0.225 e. The van der Waals surface area contributed by atoms with Gasteiger partial charge in [0.15, 0.2) is 0 Å². The third-order valence-electron chi connectivity index (χ3n) is 4.96. The molecule has 5 heteroatoms. The molecule has 1 aliphatic rings. The lowest BCUT2D eigenvalue weighted by molar-refractivity contribution is -0.116. The average Bonchev–Trinajstić information content (AvgIpc) is 3.02. The molecule has 5 nitrogen and oxygen atoms in total. The molecule has 2 aromatic heterocycles. The Morgan fingerprint density at radius 1 is 1.19 bits per heavy atom. The van der Waals surface area contributed by atoms with Gasteiger partial charge in [0, 0.05) is 55.4 Å². The Morgan fingerprint density at radius 3 is 2.77 bits per heavy atom. The number of pyridine rings is 1. The molecule has 0 bridgehead atoms. The van der Waals surface area contributed by atoms with Crippen LogP contribution in [0.1, 0.15) is 29.3 Å². The summed E-state index contributed by atoms with van der Waals surface area (Å²) < 4.78 is 2.19. The third-order valence-corrected chi connectivity index (χ3v) is 4.96. The molecule has 0 saturated carbocycles. The van der Waals surface area contributed by atoms with Crippen LogP contribution in [0.25, 0.3) is 5.69 Å². The minimum Gasteiger partial charge on any atom is -0.378 e. The Kier molecular flexibility index (Phi) is 3.99. The van der Waals surface area contributed by atoms with Crippen molar-refractivity contribution in [3.8, 4) is 5.69 Å². The van der Waals surface area contributed by atoms with E-state index in [1.165, 1.54) is 0 Å². The molecule has 3 heterocycles. The highest BCUT2D eigenvalue weighted by atomic mass is 16.1. The highest BCUT2D eigenvalue weighted by Crippen LogP contribution is 2.40. The Bertz CT molecular complexity index is 959. The first-order valence-electron chi connectivity index (χ1n) is 8.74. The number of amides is 1. The van der Waals surface area contributed by atoms with E-state index in [-0.39, 0.29) is 11.8 Å². The number of hydrogen-bond donors (Lipinski definition) is 1. The Morgan fingerprint density at radius 2 is 2.04 bits per heavy atom. The number of rotatable bonds is 3. The number of nitrogens with one attached hydrogen (secondary N) is 1. The Hall–Kier alpha value is -3.08. The quantitative estimate of drug-likeness (QED) is 0.786. The maximum atomic E-state index is 12.4. The predicted octanol–water partition coefficient (Wildman–Crippen LogP) is 3.72. The van der Waals surface area contributed by atoms with Crippen LogP contribution in [0.3, 0.4) is 0 Å². The van der Waals surface area contributed by atoms with Crippen LogP contribution in [0.15, 0.2) is 54.9 Å². The lowest BCUT2D eigenvalue weighted by Gasteiger charge is -2.28. The second kappa shape index (κ2) is 6.33. The summed E-state index contributed by atoms with van der Waals surface area (Å²) in [6, 6.07) is 14.5. The maximum absolute atomic E-state index is 12.4. The molecule has 4 rings (SSSR count). The first-order valence-corrected chi connectivity index (χ1v) is 8.74. The summed E-state index contributed by atoms with van der Waals surface area (Å²) in [5, 5.41) is 3.03. The largest absolute Gasteiger partial charge is 0.378 e. The summed E-state index contributed by atoms with van der Waals surface area (Å²) in [6.07, 6.45) is 4.07. The van der Waals surface area contributed by atoms with Gasteiger partial charge in [0.05, 0.1) is 11.9 Å². The molecule has 0 saturated heterocycles. The second-order valence-electron chi connectivity index (χ2n) is 6.92. The highest BCUT2D eigenvalue weighted by Gasteiger charge is 2.29. The van der Waals surface area contributed by atoms with Crippen LogP contribution in [0.2, 0.25) is 0 Å². The third kappa shape index (κ3) is 2.75. The Balaban J connectivity index is 1.85. The number of hydrogen-bond acceptors (Lipinski definition) is 3. The molecular formula is C21H22N4O. The van der Waals surface area contributed by atoms with Crippen LogP contribution in [0.5, 0.6) is 0 Å². The monoisotopic (exact) mass is 346 g/mol. The van der Waals surface area contributed by atoms with Crippen LogP contribution in [0.4, 0.5) is 11.4 Å². The molecule has 26 heavy (non-hydrogen) atoms. The summed E-state index contributed by atoms with van der Waals surface area (Å²) >= 11 is 0. The molecule has 0 spiro atoms. The average molecular weight is 346 g/mol. The highest BCUT2D eigenvalue weighted by molar-refractivity contribution is 5.96. The van der Waals surface area contributed by atoms with E-state index >= 15 is 0 Å². The summed E-state index contributed by atoms with van der Waals surface area (Å²) in [4.78, 5) is 18.7. The lowest BCUT2D eigenvalue weighted by atomic mass is 9.87. The summed E-state index contributed by atoms with van der Waals surface area (Å²) in [7, 11) is 4.00. The van der Waals surface area contributed by atoms with E-state index in [9.17, 15) is 4.79 Å². The lowest BCUT2D eigenvalue weighted by Crippen LogP contribution is -2.25. The van der Waals surface area contributed by atoms with Gasteiger partial charge in [0.25, 0.3) is 0 Å². The van der Waals surface area contributed by atoms with E-state index < -0.39 is 0 Å². The van der Waals surface area contributed by atoms with E-state index in [2.05, 4.69) is 46.1 Å². The summed E-state index contributed by atoms with van der Waals surface area (Å²) in [6.45, 7) is 2.08. The molecule has 0 aliphatic carbocycles. The fraction of sp³-hybridized carbons (Fsp3) is 0.238. The molecule has 1 aliphatic heterocycles. The number of aryl methyl sites for hydroxylation is 1. The van der Waals surface area contributed by atoms with Crippen LogP contribution in [-0.4, -0.2) is 29.6 Å². The van der Waals surface area contributed by atoms with Gasteiger partial charge in [0.1, 0.15) is 0 Å². The minimum absolute atomic E-state index is 0.0175. The zero-order valence-corrected chi connectivity index (χ0v) is 15.2. The van der Waals surface area contributed by atoms with Gasteiger partial charge in [-0.25, -0.2) is 0 Å². The molecule has 1 atom stereocenters. The Labute approximate surface area is 153 Å². The zero-order chi connectivity index (χ0) is 18.3. The van der Waals surface area contributed by atoms with E-state index in [1.54, 1.807) is 6.20 Å². The molecule has 0 radical (unpaired) electrons. The fourth-order valence-electron chi connectivity index (χ4n) is 3.66. The number of fused-ring (bicyclic) bond motifs is 1. The van der Waals surface area contributed by atoms with Gasteiger partial charge in [-0.05, 0) is 48.9 Å². The van der Waals surface area contributed by atoms with Crippen molar-refractivity contribution >= 4 is 17.3 Å². The van der Waals surface area contributed by atoms with Gasteiger partial charge < -0.3 is 14.8 Å². The van der Waals surface area contributed by atoms with Crippen molar-refractivity contribution in [1.82, 2.24) is 9.55 Å². The van der Waals surface area contributed by atoms with Gasteiger partial charge >= 0.3 is 0 Å². The van der Waals surface area contributed by atoms with Crippen molar-refractivity contribution in [2.24, 2.45) is 0 Å². The first-order chi connectivity index (χ1) is 12.5. The standard InChI is InChI=1S/C21H22N4O/c1-14-6-9-20(25(14)16-5-4-10-22-13-16)18-12-21(26)23-19-11-15(24(2)3)7-8-17(18)19/h4-11,13,18H,12H2,1-3H3,(H,23,26). The van der Waals surface area contributed by atoms with Crippen molar-refractivity contribution in [2.75, 3.05) is 24.3 Å².